The Kier molecular flexibility index (Phi) is 3.33. The average Bonchev–Trinajstić information content (AvgIpc) is 2.41. The predicted molar refractivity (Wildman–Crippen MR) is 43.2 cm³/mol. The summed E-state index contributed by atoms with van der Waals surface area (Å²) < 4.78 is 0. The van der Waals surface area contributed by atoms with Crippen LogP contribution in [0.4, 0.5) is 0 Å². The third-order valence-electron chi connectivity index (χ3n) is 1.26. The highest BCUT2D eigenvalue weighted by Gasteiger charge is 1.89. The lowest BCUT2D eigenvalue weighted by Crippen LogP contribution is -2.14. The molecule has 1 aromatic heterocycles. The van der Waals surface area contributed by atoms with Gasteiger partial charge >= 0.3 is 0 Å². The summed E-state index contributed by atoms with van der Waals surface area (Å²) >= 11 is 5.47. The summed E-state index contributed by atoms with van der Waals surface area (Å²) in [5, 5.41) is 3.19. The topological polar surface area (TPSA) is 27.8 Å². The molecule has 0 amide bonds. The van der Waals surface area contributed by atoms with Gasteiger partial charge in [0, 0.05) is 31.4 Å². The third-order valence-corrected chi connectivity index (χ3v) is 1.45. The molecule has 0 bridgehead atoms. The molecule has 0 spiro atoms. The molecule has 1 aromatic rings. The molecule has 0 saturated carbocycles. The van der Waals surface area contributed by atoms with Crippen LogP contribution in [0, 0.1) is 0 Å². The average molecular weight is 159 g/mol. The van der Waals surface area contributed by atoms with Crippen LogP contribution in [0.2, 0.25) is 0 Å². The first kappa shape index (κ1) is 7.63. The van der Waals surface area contributed by atoms with Gasteiger partial charge in [-0.1, -0.05) is 0 Å². The number of H-pyrrole nitrogens is 1. The monoisotopic (exact) mass is 158 g/mol. The molecule has 3 heteroatoms. The van der Waals surface area contributed by atoms with Gasteiger partial charge in [0.2, 0.25) is 0 Å². The number of nitrogens with one attached hydrogen (secondary N) is 2. The number of rotatable bonds is 4. The molecule has 10 heavy (non-hydrogen) atoms. The van der Waals surface area contributed by atoms with Crippen molar-refractivity contribution < 1.29 is 0 Å². The quantitative estimate of drug-likeness (QED) is 0.503. The van der Waals surface area contributed by atoms with Gasteiger partial charge in [0.25, 0.3) is 0 Å². The second-order valence-electron chi connectivity index (χ2n) is 2.09. The molecule has 0 aliphatic rings. The smallest absolute Gasteiger partial charge is 0.0348 e. The maximum Gasteiger partial charge on any atom is 0.0348 e. The zero-order valence-corrected chi connectivity index (χ0v) is 6.49. The molecule has 2 N–H and O–H groups in total. The first-order chi connectivity index (χ1) is 4.93. The zero-order chi connectivity index (χ0) is 7.23. The van der Waals surface area contributed by atoms with E-state index < -0.39 is 0 Å². The normalized spacial score (nSPS) is 10.1. The predicted octanol–water partition coefficient (Wildman–Crippen LogP) is 1.34. The molecule has 0 saturated heterocycles. The number of alkyl halides is 1. The van der Waals surface area contributed by atoms with Crippen molar-refractivity contribution in [2.45, 2.75) is 6.54 Å². The van der Waals surface area contributed by atoms with Gasteiger partial charge in [0.15, 0.2) is 0 Å². The Morgan fingerprint density at radius 3 is 3.10 bits per heavy atom. The van der Waals surface area contributed by atoms with Gasteiger partial charge in [-0.05, 0) is 11.6 Å². The molecular formula is C7H11ClN2. The van der Waals surface area contributed by atoms with E-state index in [9.17, 15) is 0 Å². The molecule has 0 radical (unpaired) electrons. The minimum absolute atomic E-state index is 0.671. The summed E-state index contributed by atoms with van der Waals surface area (Å²) in [4.78, 5) is 2.98. The molecule has 0 fully saturated rings. The van der Waals surface area contributed by atoms with E-state index in [4.69, 9.17) is 11.6 Å². The van der Waals surface area contributed by atoms with E-state index in [2.05, 4.69) is 10.3 Å². The van der Waals surface area contributed by atoms with Crippen molar-refractivity contribution in [2.24, 2.45) is 0 Å². The second kappa shape index (κ2) is 4.36. The van der Waals surface area contributed by atoms with Gasteiger partial charge in [-0.2, -0.15) is 0 Å². The zero-order valence-electron chi connectivity index (χ0n) is 5.73. The van der Waals surface area contributed by atoms with Crippen molar-refractivity contribution in [3.8, 4) is 0 Å². The summed E-state index contributed by atoms with van der Waals surface area (Å²) in [5.74, 6) is 0.671. The van der Waals surface area contributed by atoms with Crippen molar-refractivity contribution >= 4 is 11.6 Å². The number of hydrogen-bond acceptors (Lipinski definition) is 1. The second-order valence-corrected chi connectivity index (χ2v) is 2.46. The fourth-order valence-corrected chi connectivity index (χ4v) is 0.902. The number of aromatic nitrogens is 1. The lowest BCUT2D eigenvalue weighted by atomic mass is 10.3. The van der Waals surface area contributed by atoms with Crippen LogP contribution in [0.1, 0.15) is 5.56 Å². The molecule has 0 atom stereocenters. The molecular weight excluding hydrogens is 148 g/mol. The SMILES string of the molecule is ClCCNCc1cc[nH]c1. The third kappa shape index (κ3) is 2.42. The van der Waals surface area contributed by atoms with E-state index in [0.29, 0.717) is 5.88 Å². The fourth-order valence-electron chi connectivity index (χ4n) is 0.768. The highest BCUT2D eigenvalue weighted by molar-refractivity contribution is 6.18. The summed E-state index contributed by atoms with van der Waals surface area (Å²) in [7, 11) is 0. The summed E-state index contributed by atoms with van der Waals surface area (Å²) in [6.45, 7) is 1.77. The van der Waals surface area contributed by atoms with Crippen LogP contribution in [0.15, 0.2) is 18.5 Å². The standard InChI is InChI=1S/C7H11ClN2/c8-2-4-10-6-7-1-3-9-5-7/h1,3,5,9-10H,2,4,6H2. The number of hydrogen-bond donors (Lipinski definition) is 2. The van der Waals surface area contributed by atoms with E-state index in [0.717, 1.165) is 13.1 Å². The minimum Gasteiger partial charge on any atom is -0.367 e. The number of aromatic amines is 1. The molecule has 1 rings (SSSR count). The lowest BCUT2D eigenvalue weighted by Gasteiger charge is -1.97. The highest BCUT2D eigenvalue weighted by Crippen LogP contribution is 1.93. The van der Waals surface area contributed by atoms with Gasteiger partial charge in [0.1, 0.15) is 0 Å². The first-order valence-electron chi connectivity index (χ1n) is 3.32. The Balaban J connectivity index is 2.15. The highest BCUT2D eigenvalue weighted by atomic mass is 35.5. The molecule has 0 aromatic carbocycles. The maximum absolute atomic E-state index is 5.47. The summed E-state index contributed by atoms with van der Waals surface area (Å²) in [5.41, 5.74) is 1.27. The Bertz CT molecular complexity index is 160. The Hall–Kier alpha value is -0.470. The maximum atomic E-state index is 5.47. The van der Waals surface area contributed by atoms with Crippen molar-refractivity contribution in [1.82, 2.24) is 10.3 Å². The summed E-state index contributed by atoms with van der Waals surface area (Å²) in [6.07, 6.45) is 3.89. The van der Waals surface area contributed by atoms with E-state index >= 15 is 0 Å². The van der Waals surface area contributed by atoms with Crippen LogP contribution in [0.5, 0.6) is 0 Å². The Morgan fingerprint density at radius 2 is 2.50 bits per heavy atom. The Morgan fingerprint density at radius 1 is 1.60 bits per heavy atom. The van der Waals surface area contributed by atoms with E-state index in [1.165, 1.54) is 5.56 Å². The lowest BCUT2D eigenvalue weighted by molar-refractivity contribution is 0.731. The Labute approximate surface area is 65.6 Å². The molecule has 0 aliphatic heterocycles. The summed E-state index contributed by atoms with van der Waals surface area (Å²) in [6, 6.07) is 2.04. The van der Waals surface area contributed by atoms with Gasteiger partial charge in [-0.3, -0.25) is 0 Å². The van der Waals surface area contributed by atoms with Crippen molar-refractivity contribution in [2.75, 3.05) is 12.4 Å². The van der Waals surface area contributed by atoms with Crippen LogP contribution in [-0.4, -0.2) is 17.4 Å². The molecule has 1 heterocycles. The van der Waals surface area contributed by atoms with E-state index in [1.807, 2.05) is 18.5 Å². The molecule has 0 aliphatic carbocycles. The van der Waals surface area contributed by atoms with E-state index in [1.54, 1.807) is 0 Å². The molecule has 2 nitrogen and oxygen atoms in total. The largest absolute Gasteiger partial charge is 0.367 e. The van der Waals surface area contributed by atoms with Gasteiger partial charge in [0.05, 0.1) is 0 Å². The van der Waals surface area contributed by atoms with Crippen molar-refractivity contribution in [3.63, 3.8) is 0 Å². The van der Waals surface area contributed by atoms with E-state index in [-0.39, 0.29) is 0 Å². The van der Waals surface area contributed by atoms with Crippen LogP contribution >= 0.6 is 11.6 Å². The van der Waals surface area contributed by atoms with Crippen molar-refractivity contribution in [1.29, 1.82) is 0 Å². The van der Waals surface area contributed by atoms with Gasteiger partial charge < -0.3 is 10.3 Å². The number of halogens is 1. The van der Waals surface area contributed by atoms with Crippen LogP contribution in [0.3, 0.4) is 0 Å². The minimum atomic E-state index is 0.671. The van der Waals surface area contributed by atoms with Gasteiger partial charge in [-0.15, -0.1) is 11.6 Å². The molecule has 56 valence electrons. The van der Waals surface area contributed by atoms with Crippen LogP contribution < -0.4 is 5.32 Å². The molecule has 0 unspecified atom stereocenters. The first-order valence-corrected chi connectivity index (χ1v) is 3.85. The van der Waals surface area contributed by atoms with Crippen LogP contribution in [0.25, 0.3) is 0 Å². The van der Waals surface area contributed by atoms with Crippen LogP contribution in [-0.2, 0) is 6.54 Å². The fraction of sp³-hybridized carbons (Fsp3) is 0.429. The van der Waals surface area contributed by atoms with Crippen molar-refractivity contribution in [3.05, 3.63) is 24.0 Å². The van der Waals surface area contributed by atoms with Gasteiger partial charge in [-0.25, -0.2) is 0 Å².